The molecule has 100 valence electrons. The van der Waals surface area contributed by atoms with Crippen LogP contribution >= 0.6 is 0 Å². The molecule has 7 nitrogen and oxygen atoms in total. The van der Waals surface area contributed by atoms with Gasteiger partial charge in [-0.3, -0.25) is 0 Å². The second-order valence-corrected chi connectivity index (χ2v) is 5.31. The predicted octanol–water partition coefficient (Wildman–Crippen LogP) is 1.13. The fraction of sp³-hybridized carbons (Fsp3) is 0.667. The summed E-state index contributed by atoms with van der Waals surface area (Å²) in [7, 11) is 0. The molecule has 2 aromatic heterocycles. The molecule has 0 bridgehead atoms. The first-order valence-corrected chi connectivity index (χ1v) is 6.86. The van der Waals surface area contributed by atoms with E-state index in [2.05, 4.69) is 25.8 Å². The van der Waals surface area contributed by atoms with E-state index in [1.165, 1.54) is 6.42 Å². The smallest absolute Gasteiger partial charge is 0.230 e. The first kappa shape index (κ1) is 11.1. The summed E-state index contributed by atoms with van der Waals surface area (Å²) in [5.74, 6) is 1.76. The van der Waals surface area contributed by atoms with Crippen molar-refractivity contribution in [1.82, 2.24) is 30.5 Å². The second-order valence-electron chi connectivity index (χ2n) is 5.31. The maximum Gasteiger partial charge on any atom is 0.230 e. The molecule has 3 heterocycles. The van der Waals surface area contributed by atoms with Crippen LogP contribution in [0.4, 0.5) is 0 Å². The molecular weight excluding hydrogens is 244 g/mol. The molecule has 1 saturated carbocycles. The number of rotatable bonds is 3. The Balaban J connectivity index is 1.55. The highest BCUT2D eigenvalue weighted by atomic mass is 16.5. The standard InChI is InChI=1S/C12H16N6O/c1-2-9(6-13-5-1)18-7-10(15-17-18)11-14-12(19-16-11)8-3-4-8/h7-9,13H,1-6H2. The molecule has 2 aromatic rings. The summed E-state index contributed by atoms with van der Waals surface area (Å²) in [5.41, 5.74) is 0.696. The molecule has 7 heteroatoms. The van der Waals surface area contributed by atoms with E-state index in [0.717, 1.165) is 38.2 Å². The molecule has 0 amide bonds. The first-order valence-electron chi connectivity index (χ1n) is 6.86. The summed E-state index contributed by atoms with van der Waals surface area (Å²) in [4.78, 5) is 4.39. The van der Waals surface area contributed by atoms with Crippen molar-refractivity contribution in [3.05, 3.63) is 12.1 Å². The maximum atomic E-state index is 5.25. The Labute approximate surface area is 110 Å². The van der Waals surface area contributed by atoms with Crippen LogP contribution in [0.5, 0.6) is 0 Å². The highest BCUT2D eigenvalue weighted by Gasteiger charge is 2.30. The summed E-state index contributed by atoms with van der Waals surface area (Å²) in [6, 6.07) is 0.379. The molecule has 2 fully saturated rings. The largest absolute Gasteiger partial charge is 0.339 e. The molecule has 1 saturated heterocycles. The van der Waals surface area contributed by atoms with Gasteiger partial charge in [0.15, 0.2) is 5.69 Å². The van der Waals surface area contributed by atoms with Crippen molar-refractivity contribution in [2.24, 2.45) is 0 Å². The highest BCUT2D eigenvalue weighted by molar-refractivity contribution is 5.45. The van der Waals surface area contributed by atoms with Gasteiger partial charge in [0.05, 0.1) is 12.2 Å². The second kappa shape index (κ2) is 4.41. The summed E-state index contributed by atoms with van der Waals surface area (Å²) < 4.78 is 7.16. The molecule has 1 aliphatic heterocycles. The quantitative estimate of drug-likeness (QED) is 0.891. The fourth-order valence-electron chi connectivity index (χ4n) is 2.45. The third-order valence-corrected chi connectivity index (χ3v) is 3.75. The summed E-state index contributed by atoms with van der Waals surface area (Å²) in [5, 5.41) is 15.7. The number of piperidine rings is 1. The molecule has 2 aliphatic rings. The van der Waals surface area contributed by atoms with Crippen LogP contribution in [-0.2, 0) is 0 Å². The molecule has 1 atom stereocenters. The number of aromatic nitrogens is 5. The van der Waals surface area contributed by atoms with E-state index in [0.29, 0.717) is 23.5 Å². The molecular formula is C12H16N6O. The van der Waals surface area contributed by atoms with Gasteiger partial charge in [0.25, 0.3) is 0 Å². The van der Waals surface area contributed by atoms with Gasteiger partial charge < -0.3 is 9.84 Å². The Morgan fingerprint density at radius 1 is 1.32 bits per heavy atom. The van der Waals surface area contributed by atoms with Crippen molar-refractivity contribution in [1.29, 1.82) is 0 Å². The van der Waals surface area contributed by atoms with Crippen LogP contribution < -0.4 is 5.32 Å². The minimum atomic E-state index is 0.379. The average molecular weight is 260 g/mol. The van der Waals surface area contributed by atoms with Gasteiger partial charge in [-0.15, -0.1) is 5.10 Å². The number of hydrogen-bond acceptors (Lipinski definition) is 6. The lowest BCUT2D eigenvalue weighted by atomic mass is 10.1. The van der Waals surface area contributed by atoms with Crippen molar-refractivity contribution >= 4 is 0 Å². The zero-order valence-corrected chi connectivity index (χ0v) is 10.6. The van der Waals surface area contributed by atoms with Gasteiger partial charge in [0.2, 0.25) is 11.7 Å². The first-order chi connectivity index (χ1) is 9.40. The number of hydrogen-bond donors (Lipinski definition) is 1. The van der Waals surface area contributed by atoms with Gasteiger partial charge in [-0.1, -0.05) is 10.4 Å². The van der Waals surface area contributed by atoms with Crippen LogP contribution in [0.3, 0.4) is 0 Å². The van der Waals surface area contributed by atoms with Crippen LogP contribution in [0.1, 0.15) is 43.5 Å². The molecule has 1 N–H and O–H groups in total. The lowest BCUT2D eigenvalue weighted by Gasteiger charge is -2.22. The average Bonchev–Trinajstić information content (AvgIpc) is 3.01. The number of nitrogens with zero attached hydrogens (tertiary/aromatic N) is 5. The van der Waals surface area contributed by atoms with Gasteiger partial charge in [0, 0.05) is 12.5 Å². The van der Waals surface area contributed by atoms with E-state index >= 15 is 0 Å². The van der Waals surface area contributed by atoms with Crippen molar-refractivity contribution in [2.75, 3.05) is 13.1 Å². The van der Waals surface area contributed by atoms with Gasteiger partial charge in [-0.25, -0.2) is 4.68 Å². The van der Waals surface area contributed by atoms with Crippen LogP contribution in [0.2, 0.25) is 0 Å². The van der Waals surface area contributed by atoms with Crippen LogP contribution in [-0.4, -0.2) is 38.2 Å². The zero-order valence-electron chi connectivity index (χ0n) is 10.6. The monoisotopic (exact) mass is 260 g/mol. The minimum Gasteiger partial charge on any atom is -0.339 e. The van der Waals surface area contributed by atoms with Gasteiger partial charge in [-0.05, 0) is 32.2 Å². The van der Waals surface area contributed by atoms with E-state index in [9.17, 15) is 0 Å². The molecule has 1 aliphatic carbocycles. The van der Waals surface area contributed by atoms with Crippen molar-refractivity contribution in [3.8, 4) is 11.5 Å². The molecule has 19 heavy (non-hydrogen) atoms. The SMILES string of the molecule is c1c(-c2noc(C3CC3)n2)nnn1C1CCCNC1. The Bertz CT molecular complexity index is 566. The predicted molar refractivity (Wildman–Crippen MR) is 66.4 cm³/mol. The number of nitrogens with one attached hydrogen (secondary N) is 1. The van der Waals surface area contributed by atoms with Crippen LogP contribution in [0, 0.1) is 0 Å². The van der Waals surface area contributed by atoms with Crippen LogP contribution in [0.25, 0.3) is 11.5 Å². The Kier molecular flexibility index (Phi) is 2.58. The third kappa shape index (κ3) is 2.14. The molecule has 1 unspecified atom stereocenters. The lowest BCUT2D eigenvalue weighted by molar-refractivity contribution is 0.341. The summed E-state index contributed by atoms with van der Waals surface area (Å²) in [6.45, 7) is 2.04. The van der Waals surface area contributed by atoms with Crippen molar-refractivity contribution in [2.45, 2.75) is 37.6 Å². The zero-order chi connectivity index (χ0) is 12.7. The normalized spacial score (nSPS) is 23.7. The lowest BCUT2D eigenvalue weighted by Crippen LogP contribution is -2.31. The summed E-state index contributed by atoms with van der Waals surface area (Å²) >= 11 is 0. The van der Waals surface area contributed by atoms with Gasteiger partial charge in [0.1, 0.15) is 0 Å². The third-order valence-electron chi connectivity index (χ3n) is 3.75. The van der Waals surface area contributed by atoms with Crippen molar-refractivity contribution in [3.63, 3.8) is 0 Å². The summed E-state index contributed by atoms with van der Waals surface area (Å²) in [6.07, 6.45) is 6.53. The van der Waals surface area contributed by atoms with E-state index in [-0.39, 0.29) is 0 Å². The maximum absolute atomic E-state index is 5.25. The Morgan fingerprint density at radius 2 is 2.26 bits per heavy atom. The van der Waals surface area contributed by atoms with Crippen LogP contribution in [0.15, 0.2) is 10.7 Å². The van der Waals surface area contributed by atoms with Gasteiger partial charge >= 0.3 is 0 Å². The van der Waals surface area contributed by atoms with Crippen molar-refractivity contribution < 1.29 is 4.52 Å². The fourth-order valence-corrected chi connectivity index (χ4v) is 2.45. The van der Waals surface area contributed by atoms with E-state index in [4.69, 9.17) is 4.52 Å². The van der Waals surface area contributed by atoms with E-state index in [1.807, 2.05) is 10.9 Å². The van der Waals surface area contributed by atoms with Gasteiger partial charge in [-0.2, -0.15) is 4.98 Å². The molecule has 0 aromatic carbocycles. The van der Waals surface area contributed by atoms with E-state index in [1.54, 1.807) is 0 Å². The Morgan fingerprint density at radius 3 is 3.05 bits per heavy atom. The molecule has 4 rings (SSSR count). The van der Waals surface area contributed by atoms with E-state index < -0.39 is 0 Å². The topological polar surface area (TPSA) is 81.7 Å². The Hall–Kier alpha value is -1.76. The highest BCUT2D eigenvalue weighted by Crippen LogP contribution is 2.39. The molecule has 0 spiro atoms. The molecule has 0 radical (unpaired) electrons. The minimum absolute atomic E-state index is 0.379.